The topological polar surface area (TPSA) is 65.5 Å². The lowest BCUT2D eigenvalue weighted by Crippen LogP contribution is -2.64. The maximum absolute atomic E-state index is 12.6. The molecule has 1 heterocycles. The number of carbonyl (C=O) groups is 2. The lowest BCUT2D eigenvalue weighted by molar-refractivity contribution is -0.158. The molecule has 5 heteroatoms. The molecule has 0 amide bonds. The van der Waals surface area contributed by atoms with Crippen LogP contribution < -0.4 is 0 Å². The zero-order valence-corrected chi connectivity index (χ0v) is 13.2. The number of esters is 2. The fourth-order valence-electron chi connectivity index (χ4n) is 3.79. The average Bonchev–Trinajstić information content (AvgIpc) is 2.47. The molecule has 0 bridgehead atoms. The van der Waals surface area contributed by atoms with E-state index < -0.39 is 16.9 Å². The summed E-state index contributed by atoms with van der Waals surface area (Å²) in [6.45, 7) is 5.26. The van der Waals surface area contributed by atoms with Crippen molar-refractivity contribution in [2.24, 2.45) is 0 Å². The van der Waals surface area contributed by atoms with Crippen molar-refractivity contribution < 1.29 is 19.1 Å². The molecule has 116 valence electrons. The van der Waals surface area contributed by atoms with Crippen LogP contribution in [0.15, 0.2) is 24.3 Å². The molecule has 5 nitrogen and oxygen atoms in total. The molecule has 0 aliphatic heterocycles. The SMILES string of the molecule is COC(=O)[C@]12C[C@H](OC(C)=O)C=C[C@@]1(C)c1ccc(C)nc12. The number of hydrogen-bond donors (Lipinski definition) is 0. The van der Waals surface area contributed by atoms with Crippen molar-refractivity contribution in [2.45, 2.75) is 44.1 Å². The highest BCUT2D eigenvalue weighted by molar-refractivity contribution is 5.91. The Bertz CT molecular complexity index is 696. The standard InChI is InChI=1S/C17H19NO4/c1-10-5-6-13-14(18-10)17(15(20)21-4)9-12(22-11(2)19)7-8-16(13,17)3/h5-8,12H,9H2,1-4H3/t12-,16+,17-/m1/s1. The van der Waals surface area contributed by atoms with E-state index in [0.29, 0.717) is 6.42 Å². The summed E-state index contributed by atoms with van der Waals surface area (Å²) in [5.41, 5.74) is 1.25. The van der Waals surface area contributed by atoms with Crippen LogP contribution in [0.2, 0.25) is 0 Å². The third kappa shape index (κ3) is 1.68. The van der Waals surface area contributed by atoms with Crippen molar-refractivity contribution >= 4 is 11.9 Å². The van der Waals surface area contributed by atoms with Crippen molar-refractivity contribution in [1.29, 1.82) is 0 Å². The molecular weight excluding hydrogens is 282 g/mol. The molecule has 0 fully saturated rings. The lowest BCUT2D eigenvalue weighted by Gasteiger charge is -2.57. The van der Waals surface area contributed by atoms with E-state index in [-0.39, 0.29) is 11.9 Å². The van der Waals surface area contributed by atoms with Crippen molar-refractivity contribution in [2.75, 3.05) is 7.11 Å². The Labute approximate surface area is 129 Å². The van der Waals surface area contributed by atoms with Crippen LogP contribution in [0.25, 0.3) is 0 Å². The first-order valence-electron chi connectivity index (χ1n) is 7.29. The van der Waals surface area contributed by atoms with Crippen molar-refractivity contribution in [3.63, 3.8) is 0 Å². The van der Waals surface area contributed by atoms with Gasteiger partial charge in [0.25, 0.3) is 0 Å². The number of aromatic nitrogens is 1. The summed E-state index contributed by atoms with van der Waals surface area (Å²) >= 11 is 0. The van der Waals surface area contributed by atoms with Gasteiger partial charge in [-0.1, -0.05) is 19.1 Å². The molecule has 0 radical (unpaired) electrons. The molecule has 1 aromatic heterocycles. The molecule has 3 atom stereocenters. The first-order chi connectivity index (χ1) is 10.3. The van der Waals surface area contributed by atoms with Crippen LogP contribution in [0.5, 0.6) is 0 Å². The summed E-state index contributed by atoms with van der Waals surface area (Å²) in [4.78, 5) is 28.4. The molecule has 0 spiro atoms. The van der Waals surface area contributed by atoms with Gasteiger partial charge in [-0.25, -0.2) is 0 Å². The Morgan fingerprint density at radius 2 is 2.09 bits per heavy atom. The molecule has 3 rings (SSSR count). The summed E-state index contributed by atoms with van der Waals surface area (Å²) in [5.74, 6) is -0.697. The van der Waals surface area contributed by atoms with Gasteiger partial charge in [-0.05, 0) is 24.6 Å². The quantitative estimate of drug-likeness (QED) is 0.617. The largest absolute Gasteiger partial charge is 0.468 e. The van der Waals surface area contributed by atoms with Gasteiger partial charge >= 0.3 is 11.9 Å². The Hall–Kier alpha value is -2.17. The van der Waals surface area contributed by atoms with E-state index in [2.05, 4.69) is 4.98 Å². The third-order valence-corrected chi connectivity index (χ3v) is 4.89. The lowest BCUT2D eigenvalue weighted by atomic mass is 9.45. The minimum Gasteiger partial charge on any atom is -0.468 e. The average molecular weight is 301 g/mol. The van der Waals surface area contributed by atoms with Crippen LogP contribution in [0.3, 0.4) is 0 Å². The Kier molecular flexibility index (Phi) is 3.13. The van der Waals surface area contributed by atoms with E-state index in [1.54, 1.807) is 0 Å². The van der Waals surface area contributed by atoms with Gasteiger partial charge in [0, 0.05) is 24.5 Å². The molecule has 0 N–H and O–H groups in total. The van der Waals surface area contributed by atoms with Crippen LogP contribution in [0, 0.1) is 6.92 Å². The zero-order chi connectivity index (χ0) is 16.1. The number of carbonyl (C=O) groups excluding carboxylic acids is 2. The molecule has 0 saturated heterocycles. The van der Waals surface area contributed by atoms with Crippen molar-refractivity contribution in [1.82, 2.24) is 4.98 Å². The van der Waals surface area contributed by atoms with E-state index in [1.807, 2.05) is 38.1 Å². The number of pyridine rings is 1. The number of ether oxygens (including phenoxy) is 2. The van der Waals surface area contributed by atoms with Crippen LogP contribution in [0.4, 0.5) is 0 Å². The van der Waals surface area contributed by atoms with E-state index >= 15 is 0 Å². The molecule has 1 aromatic rings. The minimum absolute atomic E-state index is 0.331. The molecule has 0 unspecified atom stereocenters. The number of nitrogens with zero attached hydrogens (tertiary/aromatic N) is 1. The predicted octanol–water partition coefficient (Wildman–Crippen LogP) is 1.96. The van der Waals surface area contributed by atoms with Gasteiger partial charge in [-0.2, -0.15) is 0 Å². The van der Waals surface area contributed by atoms with Crippen LogP contribution >= 0.6 is 0 Å². The number of fused-ring (bicyclic) bond motifs is 4. The van der Waals surface area contributed by atoms with Gasteiger partial charge in [0.05, 0.1) is 12.8 Å². The highest BCUT2D eigenvalue weighted by Gasteiger charge is 2.68. The maximum atomic E-state index is 12.6. The Morgan fingerprint density at radius 3 is 2.73 bits per heavy atom. The number of rotatable bonds is 2. The smallest absolute Gasteiger partial charge is 0.319 e. The number of allylic oxidation sites excluding steroid dienone is 1. The maximum Gasteiger partial charge on any atom is 0.319 e. The van der Waals surface area contributed by atoms with E-state index in [0.717, 1.165) is 17.0 Å². The molecule has 0 saturated carbocycles. The summed E-state index contributed by atoms with van der Waals surface area (Å²) in [5, 5.41) is 0. The van der Waals surface area contributed by atoms with Gasteiger partial charge in [0.2, 0.25) is 0 Å². The highest BCUT2D eigenvalue weighted by atomic mass is 16.5. The zero-order valence-electron chi connectivity index (χ0n) is 13.2. The second-order valence-electron chi connectivity index (χ2n) is 6.16. The van der Waals surface area contributed by atoms with Gasteiger partial charge in [-0.15, -0.1) is 0 Å². The Morgan fingerprint density at radius 1 is 1.36 bits per heavy atom. The van der Waals surface area contributed by atoms with Gasteiger partial charge in [0.1, 0.15) is 11.5 Å². The third-order valence-electron chi connectivity index (χ3n) is 4.89. The Balaban J connectivity index is 2.14. The first kappa shape index (κ1) is 14.8. The van der Waals surface area contributed by atoms with Crippen LogP contribution in [0.1, 0.15) is 37.2 Å². The van der Waals surface area contributed by atoms with E-state index in [1.165, 1.54) is 14.0 Å². The van der Waals surface area contributed by atoms with Crippen molar-refractivity contribution in [3.8, 4) is 0 Å². The molecular formula is C17H19NO4. The predicted molar refractivity (Wildman–Crippen MR) is 79.3 cm³/mol. The van der Waals surface area contributed by atoms with Gasteiger partial charge in [-0.3, -0.25) is 14.6 Å². The fourth-order valence-corrected chi connectivity index (χ4v) is 3.79. The number of aryl methyl sites for hydroxylation is 1. The summed E-state index contributed by atoms with van der Waals surface area (Å²) in [7, 11) is 1.38. The number of methoxy groups -OCH3 is 1. The normalized spacial score (nSPS) is 31.5. The van der Waals surface area contributed by atoms with Gasteiger partial charge < -0.3 is 9.47 Å². The molecule has 22 heavy (non-hydrogen) atoms. The van der Waals surface area contributed by atoms with E-state index in [9.17, 15) is 9.59 Å². The minimum atomic E-state index is -0.891. The highest BCUT2D eigenvalue weighted by Crippen LogP contribution is 2.61. The summed E-state index contributed by atoms with van der Waals surface area (Å²) in [6, 6.07) is 3.95. The summed E-state index contributed by atoms with van der Waals surface area (Å²) < 4.78 is 10.4. The second-order valence-corrected chi connectivity index (χ2v) is 6.16. The van der Waals surface area contributed by atoms with Crippen molar-refractivity contribution in [3.05, 3.63) is 41.2 Å². The molecule has 2 aliphatic rings. The van der Waals surface area contributed by atoms with E-state index in [4.69, 9.17) is 9.47 Å². The second kappa shape index (κ2) is 4.66. The molecule has 2 aliphatic carbocycles. The van der Waals surface area contributed by atoms with Gasteiger partial charge in [0.15, 0.2) is 0 Å². The fraction of sp³-hybridized carbons (Fsp3) is 0.471. The summed E-state index contributed by atoms with van der Waals surface area (Å²) in [6.07, 6.45) is 3.71. The first-order valence-corrected chi connectivity index (χ1v) is 7.29. The monoisotopic (exact) mass is 301 g/mol. The van der Waals surface area contributed by atoms with Crippen LogP contribution in [-0.2, 0) is 29.9 Å². The molecule has 0 aromatic carbocycles. The number of hydrogen-bond acceptors (Lipinski definition) is 5. The van der Waals surface area contributed by atoms with Crippen LogP contribution in [-0.4, -0.2) is 30.1 Å².